The quantitative estimate of drug-likeness (QED) is 0.474. The van der Waals surface area contributed by atoms with E-state index in [0.29, 0.717) is 11.6 Å². The molecule has 0 spiro atoms. The summed E-state index contributed by atoms with van der Waals surface area (Å²) in [7, 11) is 0. The molecule has 0 fully saturated rings. The third kappa shape index (κ3) is 4.95. The molecule has 0 saturated carbocycles. The fraction of sp³-hybridized carbons (Fsp3) is 0.250. The molecule has 1 unspecified atom stereocenters. The van der Waals surface area contributed by atoms with E-state index in [-0.39, 0.29) is 18.6 Å². The number of pyridine rings is 1. The maximum absolute atomic E-state index is 10.3. The van der Waals surface area contributed by atoms with Gasteiger partial charge in [-0.05, 0) is 40.6 Å². The van der Waals surface area contributed by atoms with E-state index in [9.17, 15) is 5.11 Å². The van der Waals surface area contributed by atoms with Crippen LogP contribution in [0, 0.1) is 0 Å². The van der Waals surface area contributed by atoms with Gasteiger partial charge in [0, 0.05) is 23.4 Å². The first-order valence-corrected chi connectivity index (χ1v) is 10.2. The lowest BCUT2D eigenvalue weighted by molar-refractivity contribution is 0.0850. The first kappa shape index (κ1) is 20.7. The van der Waals surface area contributed by atoms with Gasteiger partial charge in [-0.1, -0.05) is 56.3 Å². The Bertz CT molecular complexity index is 1100. The Hall–Kier alpha value is -3.58. The molecule has 1 atom stereocenters. The molecule has 0 aliphatic rings. The third-order valence-corrected chi connectivity index (χ3v) is 5.26. The molecule has 7 nitrogen and oxygen atoms in total. The van der Waals surface area contributed by atoms with E-state index < -0.39 is 6.10 Å². The number of hydrogen-bond acceptors (Lipinski definition) is 6. The molecule has 2 heterocycles. The monoisotopic (exact) mass is 415 g/mol. The van der Waals surface area contributed by atoms with E-state index >= 15 is 0 Å². The Labute approximate surface area is 181 Å². The third-order valence-electron chi connectivity index (χ3n) is 5.26. The van der Waals surface area contributed by atoms with E-state index in [4.69, 9.17) is 4.74 Å². The molecule has 158 valence electrons. The summed E-state index contributed by atoms with van der Waals surface area (Å²) in [6.45, 7) is 4.72. The summed E-state index contributed by atoms with van der Waals surface area (Å²) in [5, 5.41) is 22.6. The predicted octanol–water partition coefficient (Wildman–Crippen LogP) is 3.50. The number of ether oxygens (including phenoxy) is 1. The number of aromatic nitrogens is 5. The number of aliphatic hydroxyl groups excluding tert-OH is 1. The summed E-state index contributed by atoms with van der Waals surface area (Å²) in [5.41, 5.74) is 3.12. The fourth-order valence-electron chi connectivity index (χ4n) is 3.35. The molecular formula is C24H25N5O2. The molecule has 0 aliphatic carbocycles. The van der Waals surface area contributed by atoms with Crippen LogP contribution in [0.25, 0.3) is 11.4 Å². The molecule has 4 rings (SSSR count). The predicted molar refractivity (Wildman–Crippen MR) is 118 cm³/mol. The Morgan fingerprint density at radius 1 is 0.968 bits per heavy atom. The van der Waals surface area contributed by atoms with Crippen LogP contribution in [0.4, 0.5) is 0 Å². The van der Waals surface area contributed by atoms with Gasteiger partial charge in [0.05, 0.1) is 6.54 Å². The lowest BCUT2D eigenvalue weighted by atomic mass is 9.78. The number of nitrogens with zero attached hydrogens (tertiary/aromatic N) is 5. The molecule has 31 heavy (non-hydrogen) atoms. The second-order valence-corrected chi connectivity index (χ2v) is 7.89. The maximum Gasteiger partial charge on any atom is 0.206 e. The Morgan fingerprint density at radius 2 is 1.71 bits per heavy atom. The molecule has 2 aromatic carbocycles. The lowest BCUT2D eigenvalue weighted by Crippen LogP contribution is -2.25. The van der Waals surface area contributed by atoms with E-state index in [1.54, 1.807) is 12.4 Å². The molecule has 4 aromatic rings. The van der Waals surface area contributed by atoms with Crippen LogP contribution >= 0.6 is 0 Å². The van der Waals surface area contributed by atoms with Crippen LogP contribution in [0.1, 0.15) is 25.0 Å². The van der Waals surface area contributed by atoms with Crippen molar-refractivity contribution in [2.45, 2.75) is 31.9 Å². The van der Waals surface area contributed by atoms with Gasteiger partial charge in [-0.25, -0.2) is 0 Å². The largest absolute Gasteiger partial charge is 0.491 e. The highest BCUT2D eigenvalue weighted by Gasteiger charge is 2.22. The van der Waals surface area contributed by atoms with Crippen LogP contribution in [0.15, 0.2) is 79.1 Å². The minimum absolute atomic E-state index is 0.107. The van der Waals surface area contributed by atoms with Crippen LogP contribution in [0.3, 0.4) is 0 Å². The number of tetrazole rings is 1. The van der Waals surface area contributed by atoms with Gasteiger partial charge in [0.25, 0.3) is 0 Å². The van der Waals surface area contributed by atoms with E-state index in [0.717, 1.165) is 5.56 Å². The average Bonchev–Trinajstić information content (AvgIpc) is 3.27. The van der Waals surface area contributed by atoms with Crippen molar-refractivity contribution in [3.8, 4) is 17.1 Å². The highest BCUT2D eigenvalue weighted by molar-refractivity contribution is 5.51. The van der Waals surface area contributed by atoms with Crippen molar-refractivity contribution in [1.29, 1.82) is 0 Å². The van der Waals surface area contributed by atoms with Crippen molar-refractivity contribution in [1.82, 2.24) is 25.2 Å². The first-order chi connectivity index (χ1) is 15.0. The molecule has 0 amide bonds. The summed E-state index contributed by atoms with van der Waals surface area (Å²) in [6, 6.07) is 22.1. The van der Waals surface area contributed by atoms with Crippen molar-refractivity contribution in [3.05, 3.63) is 90.3 Å². The van der Waals surface area contributed by atoms with Crippen molar-refractivity contribution in [2.24, 2.45) is 0 Å². The highest BCUT2D eigenvalue weighted by atomic mass is 16.5. The van der Waals surface area contributed by atoms with Crippen molar-refractivity contribution in [2.75, 3.05) is 6.61 Å². The van der Waals surface area contributed by atoms with Crippen LogP contribution < -0.4 is 4.74 Å². The van der Waals surface area contributed by atoms with Gasteiger partial charge < -0.3 is 9.84 Å². The summed E-state index contributed by atoms with van der Waals surface area (Å²) in [5.74, 6) is 1.17. The minimum atomic E-state index is -0.767. The van der Waals surface area contributed by atoms with Gasteiger partial charge in [-0.3, -0.25) is 4.98 Å². The van der Waals surface area contributed by atoms with Gasteiger partial charge in [0.1, 0.15) is 18.5 Å². The minimum Gasteiger partial charge on any atom is -0.491 e. The Balaban J connectivity index is 1.33. The summed E-state index contributed by atoms with van der Waals surface area (Å²) in [6.07, 6.45) is 2.59. The van der Waals surface area contributed by atoms with Crippen molar-refractivity contribution >= 4 is 0 Å². The van der Waals surface area contributed by atoms with Crippen LogP contribution in [-0.2, 0) is 12.0 Å². The second-order valence-electron chi connectivity index (χ2n) is 7.89. The molecular weight excluding hydrogens is 390 g/mol. The number of benzene rings is 2. The number of rotatable bonds is 8. The topological polar surface area (TPSA) is 86.0 Å². The van der Waals surface area contributed by atoms with Gasteiger partial charge in [0.15, 0.2) is 0 Å². The smallest absolute Gasteiger partial charge is 0.206 e. The average molecular weight is 415 g/mol. The van der Waals surface area contributed by atoms with E-state index in [1.807, 2.05) is 30.3 Å². The zero-order valence-electron chi connectivity index (χ0n) is 17.6. The summed E-state index contributed by atoms with van der Waals surface area (Å²) >= 11 is 0. The SMILES string of the molecule is CC(C)(c1ccccc1)c1ccc(OCC(O)Cn2nnc(-c3cccnc3)n2)cc1. The van der Waals surface area contributed by atoms with Crippen molar-refractivity contribution < 1.29 is 9.84 Å². The van der Waals surface area contributed by atoms with E-state index in [2.05, 4.69) is 70.6 Å². The molecule has 0 aliphatic heterocycles. The standard InChI is InChI=1S/C24H25N5O2/c1-24(2,19-8-4-3-5-9-19)20-10-12-22(13-11-20)31-17-21(30)16-29-27-23(26-28-29)18-7-6-14-25-15-18/h3-15,21,30H,16-17H2,1-2H3. The van der Waals surface area contributed by atoms with E-state index in [1.165, 1.54) is 15.9 Å². The van der Waals surface area contributed by atoms with Gasteiger partial charge >= 0.3 is 0 Å². The lowest BCUT2D eigenvalue weighted by Gasteiger charge is -2.26. The highest BCUT2D eigenvalue weighted by Crippen LogP contribution is 2.32. The summed E-state index contributed by atoms with van der Waals surface area (Å²) in [4.78, 5) is 5.41. The Kier molecular flexibility index (Phi) is 6.04. The summed E-state index contributed by atoms with van der Waals surface area (Å²) < 4.78 is 5.76. The molecule has 7 heteroatoms. The van der Waals surface area contributed by atoms with Crippen LogP contribution in [0.2, 0.25) is 0 Å². The normalized spacial score (nSPS) is 12.5. The number of hydrogen-bond donors (Lipinski definition) is 1. The van der Waals surface area contributed by atoms with Gasteiger partial charge in [-0.2, -0.15) is 4.80 Å². The van der Waals surface area contributed by atoms with Gasteiger partial charge in [0.2, 0.25) is 5.82 Å². The van der Waals surface area contributed by atoms with Gasteiger partial charge in [-0.15, -0.1) is 10.2 Å². The molecule has 0 radical (unpaired) electrons. The number of aliphatic hydroxyl groups is 1. The maximum atomic E-state index is 10.3. The zero-order valence-corrected chi connectivity index (χ0v) is 17.6. The Morgan fingerprint density at radius 3 is 2.42 bits per heavy atom. The zero-order chi connectivity index (χ0) is 21.7. The fourth-order valence-corrected chi connectivity index (χ4v) is 3.35. The second kappa shape index (κ2) is 9.06. The van der Waals surface area contributed by atoms with Crippen LogP contribution in [0.5, 0.6) is 5.75 Å². The molecule has 2 aromatic heterocycles. The molecule has 0 saturated heterocycles. The van der Waals surface area contributed by atoms with Crippen molar-refractivity contribution in [3.63, 3.8) is 0 Å². The molecule has 1 N–H and O–H groups in total. The van der Waals surface area contributed by atoms with Crippen LogP contribution in [-0.4, -0.2) is 43.0 Å². The first-order valence-electron chi connectivity index (χ1n) is 10.2. The molecule has 0 bridgehead atoms.